The van der Waals surface area contributed by atoms with Crippen LogP contribution >= 0.6 is 0 Å². The van der Waals surface area contributed by atoms with Crippen molar-refractivity contribution in [1.82, 2.24) is 19.8 Å². The molecule has 3 N–H and O–H groups in total. The molecule has 2 heterocycles. The molecule has 4 aromatic rings. The van der Waals surface area contributed by atoms with Gasteiger partial charge in [-0.3, -0.25) is 14.6 Å². The van der Waals surface area contributed by atoms with Crippen LogP contribution < -0.4 is 10.9 Å². The first kappa shape index (κ1) is 29.2. The highest BCUT2D eigenvalue weighted by atomic mass is 19.1. The van der Waals surface area contributed by atoms with Crippen molar-refractivity contribution in [2.24, 2.45) is 0 Å². The van der Waals surface area contributed by atoms with Crippen molar-refractivity contribution in [3.8, 4) is 5.75 Å². The Bertz CT molecular complexity index is 1590. The summed E-state index contributed by atoms with van der Waals surface area (Å²) in [6, 6.07) is 16.1. The molecule has 0 saturated heterocycles. The van der Waals surface area contributed by atoms with E-state index in [-0.39, 0.29) is 43.2 Å². The Balaban J connectivity index is 1.66. The summed E-state index contributed by atoms with van der Waals surface area (Å²) >= 11 is 0. The third-order valence-corrected chi connectivity index (χ3v) is 6.51. The molecule has 1 atom stereocenters. The lowest BCUT2D eigenvalue weighted by molar-refractivity contribution is 0.0916. The number of amides is 2. The fourth-order valence-electron chi connectivity index (χ4n) is 4.22. The molecule has 214 valence electrons. The quantitative estimate of drug-likeness (QED) is 0.270. The maximum Gasteiger partial charge on any atom is 0.409 e. The minimum Gasteiger partial charge on any atom is -0.505 e. The lowest BCUT2D eigenvalue weighted by atomic mass is 10.1. The topological polar surface area (TPSA) is 134 Å². The fourth-order valence-corrected chi connectivity index (χ4v) is 4.22. The molecule has 41 heavy (non-hydrogen) atoms. The average molecular weight is 563 g/mol. The Morgan fingerprint density at radius 3 is 2.49 bits per heavy atom. The normalized spacial score (nSPS) is 11.7. The third kappa shape index (κ3) is 7.06. The van der Waals surface area contributed by atoms with E-state index in [1.165, 1.54) is 34.8 Å². The number of hydrogen-bond donors (Lipinski definition) is 3. The van der Waals surface area contributed by atoms with Gasteiger partial charge in [-0.15, -0.1) is 0 Å². The van der Waals surface area contributed by atoms with Crippen LogP contribution in [0, 0.1) is 5.82 Å². The highest BCUT2D eigenvalue weighted by Crippen LogP contribution is 2.26. The van der Waals surface area contributed by atoms with E-state index in [9.17, 15) is 29.0 Å². The molecule has 2 aromatic carbocycles. The SMILES string of the molecule is CC(CO)NC(=O)c1c(O)c2ncc(Cc3ccc(F)cc3)cc2n(CCN(C)C(=O)OCc2ccccc2)c1=O. The van der Waals surface area contributed by atoms with E-state index in [1.807, 2.05) is 30.3 Å². The van der Waals surface area contributed by atoms with E-state index >= 15 is 0 Å². The molecule has 4 rings (SSSR count). The highest BCUT2D eigenvalue weighted by Gasteiger charge is 2.25. The Hall–Kier alpha value is -4.77. The Morgan fingerprint density at radius 2 is 1.80 bits per heavy atom. The first-order valence-corrected chi connectivity index (χ1v) is 13.0. The van der Waals surface area contributed by atoms with Gasteiger partial charge >= 0.3 is 6.09 Å². The van der Waals surface area contributed by atoms with Gasteiger partial charge in [0.05, 0.1) is 12.1 Å². The van der Waals surface area contributed by atoms with Gasteiger partial charge in [-0.05, 0) is 48.2 Å². The predicted octanol–water partition coefficient (Wildman–Crippen LogP) is 3.21. The monoisotopic (exact) mass is 562 g/mol. The second-order valence-electron chi connectivity index (χ2n) is 9.71. The highest BCUT2D eigenvalue weighted by molar-refractivity contribution is 6.01. The maximum absolute atomic E-state index is 13.6. The molecule has 0 radical (unpaired) electrons. The number of aliphatic hydroxyl groups is 1. The first-order valence-electron chi connectivity index (χ1n) is 13.0. The van der Waals surface area contributed by atoms with E-state index in [1.54, 1.807) is 25.1 Å². The molecule has 0 aliphatic carbocycles. The minimum absolute atomic E-state index is 0.0172. The van der Waals surface area contributed by atoms with Crippen molar-refractivity contribution >= 4 is 23.0 Å². The van der Waals surface area contributed by atoms with E-state index in [0.717, 1.165) is 11.1 Å². The van der Waals surface area contributed by atoms with E-state index in [4.69, 9.17) is 4.74 Å². The van der Waals surface area contributed by atoms with Crippen LogP contribution in [-0.4, -0.2) is 62.9 Å². The molecule has 0 fully saturated rings. The number of ether oxygens (including phenoxy) is 1. The predicted molar refractivity (Wildman–Crippen MR) is 150 cm³/mol. The number of aromatic nitrogens is 2. The van der Waals surface area contributed by atoms with Crippen LogP contribution in [0.25, 0.3) is 11.0 Å². The number of fused-ring (bicyclic) bond motifs is 1. The van der Waals surface area contributed by atoms with Crippen molar-refractivity contribution < 1.29 is 28.9 Å². The Labute approximate surface area is 235 Å². The molecule has 0 aliphatic rings. The van der Waals surface area contributed by atoms with E-state index in [2.05, 4.69) is 10.3 Å². The zero-order valence-corrected chi connectivity index (χ0v) is 22.7. The number of aliphatic hydroxyl groups excluding tert-OH is 1. The van der Waals surface area contributed by atoms with Crippen LogP contribution in [0.3, 0.4) is 0 Å². The molecule has 10 nitrogen and oxygen atoms in total. The summed E-state index contributed by atoms with van der Waals surface area (Å²) in [7, 11) is 1.52. The lowest BCUT2D eigenvalue weighted by Gasteiger charge is -2.20. The second kappa shape index (κ2) is 13.1. The van der Waals surface area contributed by atoms with Gasteiger partial charge in [-0.1, -0.05) is 42.5 Å². The molecule has 0 spiro atoms. The number of nitrogens with zero attached hydrogens (tertiary/aromatic N) is 3. The largest absolute Gasteiger partial charge is 0.505 e. The number of likely N-dealkylation sites (N-methyl/N-ethyl adjacent to an activating group) is 1. The fraction of sp³-hybridized carbons (Fsp3) is 0.267. The van der Waals surface area contributed by atoms with Gasteiger partial charge < -0.3 is 29.7 Å². The minimum atomic E-state index is -0.863. The number of aromatic hydroxyl groups is 1. The van der Waals surface area contributed by atoms with Gasteiger partial charge in [0.15, 0.2) is 5.75 Å². The summed E-state index contributed by atoms with van der Waals surface area (Å²) in [4.78, 5) is 44.8. The molecular formula is C30H31FN4O6. The molecule has 1 unspecified atom stereocenters. The van der Waals surface area contributed by atoms with E-state index in [0.29, 0.717) is 12.0 Å². The van der Waals surface area contributed by atoms with Crippen LogP contribution in [0.2, 0.25) is 0 Å². The standard InChI is InChI=1S/C30H31FN4O6/c1-19(17-36)33-28(38)25-27(37)26-24(15-22(16-32-26)14-20-8-10-23(31)11-9-20)35(29(25)39)13-12-34(2)30(40)41-18-21-6-4-3-5-7-21/h3-11,15-16,19,36-37H,12-14,17-18H2,1-2H3,(H,33,38). The zero-order chi connectivity index (χ0) is 29.5. The molecular weight excluding hydrogens is 531 g/mol. The van der Waals surface area contributed by atoms with Gasteiger partial charge in [0.2, 0.25) is 0 Å². The van der Waals surface area contributed by atoms with Gasteiger partial charge in [0.25, 0.3) is 11.5 Å². The lowest BCUT2D eigenvalue weighted by Crippen LogP contribution is -2.40. The molecule has 0 bridgehead atoms. The number of pyridine rings is 2. The van der Waals surface area contributed by atoms with Crippen LogP contribution in [0.5, 0.6) is 5.75 Å². The van der Waals surface area contributed by atoms with Crippen LogP contribution in [-0.2, 0) is 24.3 Å². The number of halogens is 1. The molecule has 2 aromatic heterocycles. The van der Waals surface area contributed by atoms with Crippen molar-refractivity contribution in [2.45, 2.75) is 32.5 Å². The van der Waals surface area contributed by atoms with Crippen molar-refractivity contribution in [3.63, 3.8) is 0 Å². The maximum atomic E-state index is 13.6. The van der Waals surface area contributed by atoms with E-state index < -0.39 is 34.9 Å². The van der Waals surface area contributed by atoms with Crippen LogP contribution in [0.4, 0.5) is 9.18 Å². The number of benzene rings is 2. The molecule has 2 amide bonds. The third-order valence-electron chi connectivity index (χ3n) is 6.51. The van der Waals surface area contributed by atoms with Gasteiger partial charge in [-0.2, -0.15) is 0 Å². The average Bonchev–Trinajstić information content (AvgIpc) is 2.97. The van der Waals surface area contributed by atoms with Gasteiger partial charge in [-0.25, -0.2) is 9.18 Å². The second-order valence-corrected chi connectivity index (χ2v) is 9.71. The van der Waals surface area contributed by atoms with Gasteiger partial charge in [0.1, 0.15) is 23.5 Å². The number of nitrogens with one attached hydrogen (secondary N) is 1. The Kier molecular flexibility index (Phi) is 9.30. The summed E-state index contributed by atoms with van der Waals surface area (Å²) in [5, 5.41) is 22.8. The zero-order valence-electron chi connectivity index (χ0n) is 22.7. The van der Waals surface area contributed by atoms with Gasteiger partial charge in [0, 0.05) is 32.4 Å². The smallest absolute Gasteiger partial charge is 0.409 e. The number of rotatable bonds is 10. The summed E-state index contributed by atoms with van der Waals surface area (Å²) in [6.07, 6.45) is 1.28. The van der Waals surface area contributed by atoms with Crippen molar-refractivity contribution in [3.05, 3.63) is 105 Å². The molecule has 0 aliphatic heterocycles. The number of hydrogen-bond acceptors (Lipinski definition) is 7. The number of carbonyl (C=O) groups is 2. The van der Waals surface area contributed by atoms with Crippen molar-refractivity contribution in [2.75, 3.05) is 20.2 Å². The van der Waals surface area contributed by atoms with Crippen LogP contribution in [0.1, 0.15) is 34.0 Å². The summed E-state index contributed by atoms with van der Waals surface area (Å²) in [5.74, 6) is -1.82. The number of carbonyl (C=O) groups excluding carboxylic acids is 2. The first-order chi connectivity index (χ1) is 19.7. The Morgan fingerprint density at radius 1 is 1.10 bits per heavy atom. The summed E-state index contributed by atoms with van der Waals surface area (Å²) in [5.41, 5.74) is 1.27. The summed E-state index contributed by atoms with van der Waals surface area (Å²) in [6.45, 7) is 1.27. The summed E-state index contributed by atoms with van der Waals surface area (Å²) < 4.78 is 20.0. The van der Waals surface area contributed by atoms with Crippen molar-refractivity contribution in [1.29, 1.82) is 0 Å². The molecule has 0 saturated carbocycles. The molecule has 11 heteroatoms. The van der Waals surface area contributed by atoms with Crippen LogP contribution in [0.15, 0.2) is 71.7 Å².